The number of amides is 1. The Balaban J connectivity index is 1.55. The number of benzene rings is 2. The van der Waals surface area contributed by atoms with Crippen LogP contribution in [0.2, 0.25) is 0 Å². The molecule has 0 aliphatic heterocycles. The minimum atomic E-state index is -0.0495. The molecule has 144 valence electrons. The maximum atomic E-state index is 12.4. The van der Waals surface area contributed by atoms with Crippen LogP contribution in [0.25, 0.3) is 11.5 Å². The first-order valence-corrected chi connectivity index (χ1v) is 10.00. The molecule has 1 amide bonds. The van der Waals surface area contributed by atoms with Crippen LogP contribution >= 0.6 is 11.8 Å². The topological polar surface area (TPSA) is 85.1 Å². The van der Waals surface area contributed by atoms with E-state index in [0.29, 0.717) is 28.8 Å². The van der Waals surface area contributed by atoms with Crippen molar-refractivity contribution in [3.8, 4) is 11.5 Å². The van der Waals surface area contributed by atoms with E-state index >= 15 is 0 Å². The molecule has 6 nitrogen and oxygen atoms in total. The maximum Gasteiger partial charge on any atom is 0.277 e. The van der Waals surface area contributed by atoms with E-state index in [2.05, 4.69) is 15.5 Å². The second-order valence-corrected chi connectivity index (χ2v) is 7.25. The first-order valence-electron chi connectivity index (χ1n) is 9.01. The van der Waals surface area contributed by atoms with Gasteiger partial charge in [-0.2, -0.15) is 0 Å². The van der Waals surface area contributed by atoms with Crippen LogP contribution in [0.5, 0.6) is 0 Å². The van der Waals surface area contributed by atoms with Gasteiger partial charge in [-0.15, -0.1) is 10.2 Å². The molecule has 3 rings (SSSR count). The summed E-state index contributed by atoms with van der Waals surface area (Å²) < 4.78 is 5.62. The number of thioether (sulfide) groups is 1. The van der Waals surface area contributed by atoms with E-state index in [1.165, 1.54) is 11.8 Å². The van der Waals surface area contributed by atoms with Gasteiger partial charge in [0, 0.05) is 23.2 Å². The van der Waals surface area contributed by atoms with Crippen molar-refractivity contribution in [2.75, 3.05) is 11.1 Å². The predicted molar refractivity (Wildman–Crippen MR) is 110 cm³/mol. The lowest BCUT2D eigenvalue weighted by atomic mass is 10.1. The van der Waals surface area contributed by atoms with E-state index in [4.69, 9.17) is 4.42 Å². The fourth-order valence-electron chi connectivity index (χ4n) is 2.48. The van der Waals surface area contributed by atoms with Crippen molar-refractivity contribution in [2.24, 2.45) is 0 Å². The third kappa shape index (κ3) is 5.29. The summed E-state index contributed by atoms with van der Waals surface area (Å²) in [7, 11) is 0. The molecule has 0 saturated carbocycles. The number of carbonyl (C=O) groups excluding carboxylic acids is 2. The second-order valence-electron chi connectivity index (χ2n) is 6.33. The summed E-state index contributed by atoms with van der Waals surface area (Å²) in [5.41, 5.74) is 3.25. The molecule has 28 heavy (non-hydrogen) atoms. The SMILES string of the molecule is CCCC(=O)Nc1ccc(C(=O)CSc2nnc(-c3ccc(C)cc3)o2)cc1. The molecule has 0 atom stereocenters. The Morgan fingerprint density at radius 2 is 1.75 bits per heavy atom. The number of rotatable bonds is 8. The number of aryl methyl sites for hydroxylation is 1. The van der Waals surface area contributed by atoms with Gasteiger partial charge in [0.2, 0.25) is 11.8 Å². The van der Waals surface area contributed by atoms with Crippen molar-refractivity contribution in [3.63, 3.8) is 0 Å². The highest BCUT2D eigenvalue weighted by Gasteiger charge is 2.13. The number of aromatic nitrogens is 2. The number of ketones is 1. The van der Waals surface area contributed by atoms with E-state index in [1.807, 2.05) is 38.1 Å². The van der Waals surface area contributed by atoms with Crippen LogP contribution in [0.3, 0.4) is 0 Å². The van der Waals surface area contributed by atoms with Crippen molar-refractivity contribution < 1.29 is 14.0 Å². The van der Waals surface area contributed by atoms with Gasteiger partial charge in [-0.1, -0.05) is 36.4 Å². The van der Waals surface area contributed by atoms with Crippen LogP contribution in [0.1, 0.15) is 35.7 Å². The Hall–Kier alpha value is -2.93. The third-order valence-corrected chi connectivity index (χ3v) is 4.82. The van der Waals surface area contributed by atoms with E-state index in [1.54, 1.807) is 24.3 Å². The van der Waals surface area contributed by atoms with Gasteiger partial charge in [0.05, 0.1) is 5.75 Å². The molecule has 1 heterocycles. The summed E-state index contributed by atoms with van der Waals surface area (Å²) in [4.78, 5) is 24.0. The van der Waals surface area contributed by atoms with Crippen LogP contribution in [0.15, 0.2) is 58.2 Å². The highest BCUT2D eigenvalue weighted by atomic mass is 32.2. The number of nitrogens with one attached hydrogen (secondary N) is 1. The van der Waals surface area contributed by atoms with Gasteiger partial charge in [-0.25, -0.2) is 0 Å². The monoisotopic (exact) mass is 395 g/mol. The Labute approximate surface area is 167 Å². The molecule has 1 aromatic heterocycles. The minimum Gasteiger partial charge on any atom is -0.411 e. The molecule has 0 aliphatic rings. The van der Waals surface area contributed by atoms with E-state index < -0.39 is 0 Å². The molecule has 0 spiro atoms. The highest BCUT2D eigenvalue weighted by molar-refractivity contribution is 7.99. The van der Waals surface area contributed by atoms with Crippen molar-refractivity contribution in [1.82, 2.24) is 10.2 Å². The number of nitrogens with zero attached hydrogens (tertiary/aromatic N) is 2. The predicted octanol–water partition coefficient (Wildman–Crippen LogP) is 4.76. The van der Waals surface area contributed by atoms with Crippen LogP contribution in [0, 0.1) is 6.92 Å². The molecule has 0 unspecified atom stereocenters. The summed E-state index contributed by atoms with van der Waals surface area (Å²) >= 11 is 1.20. The van der Waals surface area contributed by atoms with E-state index in [0.717, 1.165) is 17.5 Å². The van der Waals surface area contributed by atoms with Crippen molar-refractivity contribution in [3.05, 3.63) is 59.7 Å². The Bertz CT molecular complexity index is 950. The number of Topliss-reactive ketones (excluding diaryl/α,β-unsaturated/α-hetero) is 1. The molecule has 0 aliphatic carbocycles. The molecule has 7 heteroatoms. The average Bonchev–Trinajstić information content (AvgIpc) is 3.16. The third-order valence-electron chi connectivity index (χ3n) is 4.00. The fourth-order valence-corrected chi connectivity index (χ4v) is 3.14. The summed E-state index contributed by atoms with van der Waals surface area (Å²) in [6.45, 7) is 3.96. The summed E-state index contributed by atoms with van der Waals surface area (Å²) in [5, 5.41) is 11.2. The zero-order valence-corrected chi connectivity index (χ0v) is 16.6. The lowest BCUT2D eigenvalue weighted by Gasteiger charge is -2.05. The first-order chi connectivity index (χ1) is 13.5. The Morgan fingerprint density at radius 1 is 1.04 bits per heavy atom. The van der Waals surface area contributed by atoms with Crippen LogP contribution in [0.4, 0.5) is 5.69 Å². The quantitative estimate of drug-likeness (QED) is 0.437. The van der Waals surface area contributed by atoms with Gasteiger partial charge in [0.25, 0.3) is 5.22 Å². The van der Waals surface area contributed by atoms with Gasteiger partial charge in [0.1, 0.15) is 0 Å². The van der Waals surface area contributed by atoms with Crippen molar-refractivity contribution in [2.45, 2.75) is 31.9 Å². The standard InChI is InChI=1S/C21H21N3O3S/c1-3-4-19(26)22-17-11-9-15(10-12-17)18(25)13-28-21-24-23-20(27-21)16-7-5-14(2)6-8-16/h5-12H,3-4,13H2,1-2H3,(H,22,26). The molecule has 2 aromatic carbocycles. The molecule has 0 fully saturated rings. The van der Waals surface area contributed by atoms with Crippen LogP contribution < -0.4 is 5.32 Å². The summed E-state index contributed by atoms with van der Waals surface area (Å²) in [6.07, 6.45) is 1.27. The van der Waals surface area contributed by atoms with Gasteiger partial charge < -0.3 is 9.73 Å². The highest BCUT2D eigenvalue weighted by Crippen LogP contribution is 2.24. The number of carbonyl (C=O) groups is 2. The number of anilines is 1. The number of hydrogen-bond donors (Lipinski definition) is 1. The van der Waals surface area contributed by atoms with Gasteiger partial charge >= 0.3 is 0 Å². The van der Waals surface area contributed by atoms with Crippen molar-refractivity contribution >= 4 is 29.1 Å². The Kier molecular flexibility index (Phi) is 6.60. The van der Waals surface area contributed by atoms with Gasteiger partial charge in [0.15, 0.2) is 5.78 Å². The van der Waals surface area contributed by atoms with Crippen LogP contribution in [-0.4, -0.2) is 27.6 Å². The zero-order valence-electron chi connectivity index (χ0n) is 15.8. The molecule has 3 aromatic rings. The maximum absolute atomic E-state index is 12.4. The Morgan fingerprint density at radius 3 is 2.43 bits per heavy atom. The van der Waals surface area contributed by atoms with Gasteiger partial charge in [-0.3, -0.25) is 9.59 Å². The largest absolute Gasteiger partial charge is 0.411 e. The molecule has 0 saturated heterocycles. The normalized spacial score (nSPS) is 10.6. The fraction of sp³-hybridized carbons (Fsp3) is 0.238. The first kappa shape index (κ1) is 19.8. The van der Waals surface area contributed by atoms with Gasteiger partial charge in [-0.05, 0) is 49.7 Å². The van der Waals surface area contributed by atoms with Crippen LogP contribution in [-0.2, 0) is 4.79 Å². The van der Waals surface area contributed by atoms with E-state index in [9.17, 15) is 9.59 Å². The average molecular weight is 395 g/mol. The van der Waals surface area contributed by atoms with E-state index in [-0.39, 0.29) is 17.4 Å². The lowest BCUT2D eigenvalue weighted by Crippen LogP contribution is -2.10. The molecule has 1 N–H and O–H groups in total. The van der Waals surface area contributed by atoms with Crippen molar-refractivity contribution in [1.29, 1.82) is 0 Å². The summed E-state index contributed by atoms with van der Waals surface area (Å²) in [5.74, 6) is 0.545. The molecule has 0 bridgehead atoms. The smallest absolute Gasteiger partial charge is 0.277 e. The molecular formula is C21H21N3O3S. The lowest BCUT2D eigenvalue weighted by molar-refractivity contribution is -0.116. The molecule has 0 radical (unpaired) electrons. The summed E-state index contributed by atoms with van der Waals surface area (Å²) in [6, 6.07) is 14.7. The minimum absolute atomic E-state index is 0.0297. The molecular weight excluding hydrogens is 374 g/mol. The number of hydrogen-bond acceptors (Lipinski definition) is 6. The zero-order chi connectivity index (χ0) is 19.9. The second kappa shape index (κ2) is 9.32.